The van der Waals surface area contributed by atoms with E-state index in [2.05, 4.69) is 10.6 Å². The summed E-state index contributed by atoms with van der Waals surface area (Å²) in [6, 6.07) is 1.54. The molecule has 2 N–H and O–H groups in total. The Kier molecular flexibility index (Phi) is 3.73. The third-order valence-electron chi connectivity index (χ3n) is 0.823. The topological polar surface area (TPSA) is 64.9 Å². The minimum atomic E-state index is -0.324. The van der Waals surface area contributed by atoms with E-state index in [0.717, 1.165) is 0 Å². The molecule has 4 nitrogen and oxygen atoms in total. The van der Waals surface area contributed by atoms with E-state index in [-0.39, 0.29) is 6.03 Å². The molecule has 0 aliphatic carbocycles. The Morgan fingerprint density at radius 1 is 1.70 bits per heavy atom. The molecule has 0 aromatic rings. The Morgan fingerprint density at radius 2 is 2.30 bits per heavy atom. The standard InChI is InChI=1S/C6H9N3O/c1-5(3-7)4-9-6(10)8-2/h4H,1-2H3,(H2,8,9,10)/b5-4-. The highest BCUT2D eigenvalue weighted by Gasteiger charge is 1.89. The average molecular weight is 139 g/mol. The molecule has 0 heterocycles. The summed E-state index contributed by atoms with van der Waals surface area (Å²) in [6.45, 7) is 1.61. The van der Waals surface area contributed by atoms with Crippen molar-refractivity contribution in [1.82, 2.24) is 10.6 Å². The maximum Gasteiger partial charge on any atom is 0.318 e. The van der Waals surface area contributed by atoms with Gasteiger partial charge in [0.1, 0.15) is 0 Å². The van der Waals surface area contributed by atoms with Crippen molar-refractivity contribution in [1.29, 1.82) is 5.26 Å². The molecular formula is C6H9N3O. The summed E-state index contributed by atoms with van der Waals surface area (Å²) in [4.78, 5) is 10.5. The third kappa shape index (κ3) is 3.50. The van der Waals surface area contributed by atoms with Crippen molar-refractivity contribution in [2.45, 2.75) is 6.92 Å². The molecule has 10 heavy (non-hydrogen) atoms. The normalized spacial score (nSPS) is 9.90. The maximum absolute atomic E-state index is 10.5. The molecule has 0 atom stereocenters. The minimum Gasteiger partial charge on any atom is -0.341 e. The van der Waals surface area contributed by atoms with Crippen molar-refractivity contribution in [2.75, 3.05) is 7.05 Å². The predicted molar refractivity (Wildman–Crippen MR) is 37.0 cm³/mol. The van der Waals surface area contributed by atoms with E-state index in [9.17, 15) is 4.79 Å². The number of carbonyl (C=O) groups is 1. The Bertz CT molecular complexity index is 190. The van der Waals surface area contributed by atoms with Gasteiger partial charge in [-0.3, -0.25) is 0 Å². The van der Waals surface area contributed by atoms with Crippen LogP contribution in [0.15, 0.2) is 11.8 Å². The lowest BCUT2D eigenvalue weighted by Gasteiger charge is -1.95. The summed E-state index contributed by atoms with van der Waals surface area (Å²) in [5.41, 5.74) is 0.462. The Labute approximate surface area is 59.5 Å². The van der Waals surface area contributed by atoms with E-state index in [1.807, 2.05) is 6.07 Å². The van der Waals surface area contributed by atoms with Crippen molar-refractivity contribution < 1.29 is 4.79 Å². The van der Waals surface area contributed by atoms with Gasteiger partial charge in [0.2, 0.25) is 0 Å². The van der Waals surface area contributed by atoms with Crippen LogP contribution in [-0.4, -0.2) is 13.1 Å². The van der Waals surface area contributed by atoms with Crippen molar-refractivity contribution in [3.8, 4) is 6.07 Å². The average Bonchev–Trinajstić information content (AvgIpc) is 1.99. The van der Waals surface area contributed by atoms with E-state index >= 15 is 0 Å². The number of carbonyl (C=O) groups excluding carboxylic acids is 1. The molecule has 0 saturated carbocycles. The van der Waals surface area contributed by atoms with Gasteiger partial charge in [0.15, 0.2) is 0 Å². The lowest BCUT2D eigenvalue weighted by Crippen LogP contribution is -2.28. The zero-order valence-corrected chi connectivity index (χ0v) is 5.93. The van der Waals surface area contributed by atoms with Gasteiger partial charge in [-0.15, -0.1) is 0 Å². The molecule has 0 fully saturated rings. The van der Waals surface area contributed by atoms with Gasteiger partial charge >= 0.3 is 6.03 Å². The van der Waals surface area contributed by atoms with Crippen LogP contribution < -0.4 is 10.6 Å². The molecule has 4 heteroatoms. The van der Waals surface area contributed by atoms with Crippen molar-refractivity contribution in [3.63, 3.8) is 0 Å². The number of allylic oxidation sites excluding steroid dienone is 1. The summed E-state index contributed by atoms with van der Waals surface area (Å²) in [5, 5.41) is 12.9. The number of rotatable bonds is 1. The van der Waals surface area contributed by atoms with Gasteiger partial charge in [-0.05, 0) is 6.92 Å². The Hall–Kier alpha value is -1.50. The molecule has 0 unspecified atom stereocenters. The van der Waals surface area contributed by atoms with Crippen molar-refractivity contribution in [3.05, 3.63) is 11.8 Å². The molecule has 0 rings (SSSR count). The summed E-state index contributed by atoms with van der Waals surface area (Å²) < 4.78 is 0. The highest BCUT2D eigenvalue weighted by Crippen LogP contribution is 1.83. The van der Waals surface area contributed by atoms with Crippen LogP contribution in [0.3, 0.4) is 0 Å². The predicted octanol–water partition coefficient (Wildman–Crippen LogP) is 0.343. The molecule has 0 aromatic heterocycles. The van der Waals surface area contributed by atoms with Crippen LogP contribution in [0.5, 0.6) is 0 Å². The molecule has 0 saturated heterocycles. The van der Waals surface area contributed by atoms with Gasteiger partial charge in [-0.1, -0.05) is 0 Å². The first-order valence-corrected chi connectivity index (χ1v) is 2.76. The second-order valence-corrected chi connectivity index (χ2v) is 1.66. The van der Waals surface area contributed by atoms with Gasteiger partial charge in [-0.2, -0.15) is 5.26 Å². The smallest absolute Gasteiger partial charge is 0.318 e. The van der Waals surface area contributed by atoms with E-state index in [4.69, 9.17) is 5.26 Å². The first kappa shape index (κ1) is 8.50. The van der Waals surface area contributed by atoms with Crippen LogP contribution in [0, 0.1) is 11.3 Å². The minimum absolute atomic E-state index is 0.324. The van der Waals surface area contributed by atoms with E-state index < -0.39 is 0 Å². The summed E-state index contributed by atoms with van der Waals surface area (Å²) in [6.07, 6.45) is 1.35. The molecule has 0 bridgehead atoms. The number of nitrogens with zero attached hydrogens (tertiary/aromatic N) is 1. The van der Waals surface area contributed by atoms with Gasteiger partial charge in [0.05, 0.1) is 6.07 Å². The quantitative estimate of drug-likeness (QED) is 0.514. The van der Waals surface area contributed by atoms with Gasteiger partial charge in [0.25, 0.3) is 0 Å². The van der Waals surface area contributed by atoms with Crippen LogP contribution in [0.2, 0.25) is 0 Å². The summed E-state index contributed by atoms with van der Waals surface area (Å²) >= 11 is 0. The number of nitrogens with one attached hydrogen (secondary N) is 2. The molecular weight excluding hydrogens is 130 g/mol. The molecule has 0 aliphatic heterocycles. The first-order valence-electron chi connectivity index (χ1n) is 2.76. The summed E-state index contributed by atoms with van der Waals surface area (Å²) in [7, 11) is 1.50. The zero-order valence-electron chi connectivity index (χ0n) is 5.93. The fourth-order valence-electron chi connectivity index (χ4n) is 0.278. The maximum atomic E-state index is 10.5. The second-order valence-electron chi connectivity index (χ2n) is 1.66. The van der Waals surface area contributed by atoms with Crippen LogP contribution in [0.1, 0.15) is 6.92 Å². The number of nitriles is 1. The molecule has 0 aliphatic rings. The van der Waals surface area contributed by atoms with Crippen LogP contribution >= 0.6 is 0 Å². The largest absolute Gasteiger partial charge is 0.341 e. The molecule has 54 valence electrons. The van der Waals surface area contributed by atoms with Crippen LogP contribution in [0.25, 0.3) is 0 Å². The molecule has 0 spiro atoms. The molecule has 0 aromatic carbocycles. The van der Waals surface area contributed by atoms with Gasteiger partial charge in [-0.25, -0.2) is 4.79 Å². The van der Waals surface area contributed by atoms with Gasteiger partial charge in [0, 0.05) is 18.8 Å². The molecule has 2 amide bonds. The monoisotopic (exact) mass is 139 g/mol. The fourth-order valence-corrected chi connectivity index (χ4v) is 0.278. The summed E-state index contributed by atoms with van der Waals surface area (Å²) in [5.74, 6) is 0. The lowest BCUT2D eigenvalue weighted by molar-refractivity contribution is 0.246. The van der Waals surface area contributed by atoms with E-state index in [1.54, 1.807) is 6.92 Å². The highest BCUT2D eigenvalue weighted by molar-refractivity contribution is 5.74. The fraction of sp³-hybridized carbons (Fsp3) is 0.333. The zero-order chi connectivity index (χ0) is 7.98. The third-order valence-corrected chi connectivity index (χ3v) is 0.823. The molecule has 0 radical (unpaired) electrons. The highest BCUT2D eigenvalue weighted by atomic mass is 16.2. The number of hydrogen-bond donors (Lipinski definition) is 2. The van der Waals surface area contributed by atoms with E-state index in [1.165, 1.54) is 13.2 Å². The Balaban J connectivity index is 3.75. The Morgan fingerprint density at radius 3 is 2.70 bits per heavy atom. The van der Waals surface area contributed by atoms with E-state index in [0.29, 0.717) is 5.57 Å². The number of hydrogen-bond acceptors (Lipinski definition) is 2. The number of urea groups is 1. The second kappa shape index (κ2) is 4.39. The SMILES string of the molecule is CNC(=O)N/C=C(/C)C#N. The van der Waals surface area contributed by atoms with Crippen molar-refractivity contribution >= 4 is 6.03 Å². The van der Waals surface area contributed by atoms with Crippen LogP contribution in [-0.2, 0) is 0 Å². The van der Waals surface area contributed by atoms with Crippen molar-refractivity contribution in [2.24, 2.45) is 0 Å². The lowest BCUT2D eigenvalue weighted by atomic mass is 10.4. The van der Waals surface area contributed by atoms with Gasteiger partial charge < -0.3 is 10.6 Å². The number of amides is 2. The first-order chi connectivity index (χ1) is 4.70. The van der Waals surface area contributed by atoms with Crippen LogP contribution in [0.4, 0.5) is 4.79 Å².